The lowest BCUT2D eigenvalue weighted by Crippen LogP contribution is -2.51. The van der Waals surface area contributed by atoms with Crippen LogP contribution in [0, 0.1) is 0 Å². The van der Waals surface area contributed by atoms with Crippen LogP contribution in [0.4, 0.5) is 5.69 Å². The first-order chi connectivity index (χ1) is 19.1. The van der Waals surface area contributed by atoms with Crippen LogP contribution in [0.15, 0.2) is 110 Å². The van der Waals surface area contributed by atoms with Crippen molar-refractivity contribution < 1.29 is 4.74 Å². The van der Waals surface area contributed by atoms with Gasteiger partial charge in [0.1, 0.15) is 0 Å². The molecule has 5 heterocycles. The zero-order valence-corrected chi connectivity index (χ0v) is 22.1. The smallest absolute Gasteiger partial charge is 0.0884 e. The van der Waals surface area contributed by atoms with Crippen LogP contribution in [0.2, 0.25) is 0 Å². The molecule has 1 atom stereocenters. The van der Waals surface area contributed by atoms with Gasteiger partial charge in [-0.05, 0) is 67.6 Å². The Bertz CT molecular complexity index is 1540. The van der Waals surface area contributed by atoms with Gasteiger partial charge in [-0.2, -0.15) is 0 Å². The largest absolute Gasteiger partial charge is 0.371 e. The van der Waals surface area contributed by atoms with Crippen molar-refractivity contribution in [3.05, 3.63) is 127 Å². The maximum atomic E-state index is 6.29. The summed E-state index contributed by atoms with van der Waals surface area (Å²) in [6.45, 7) is 4.60. The van der Waals surface area contributed by atoms with E-state index in [4.69, 9.17) is 14.7 Å². The Kier molecular flexibility index (Phi) is 7.11. The van der Waals surface area contributed by atoms with E-state index in [2.05, 4.69) is 76.4 Å². The van der Waals surface area contributed by atoms with Gasteiger partial charge >= 0.3 is 0 Å². The zero-order chi connectivity index (χ0) is 26.5. The molecule has 5 aromatic rings. The van der Waals surface area contributed by atoms with E-state index >= 15 is 0 Å². The molecule has 0 spiro atoms. The average molecular weight is 514 g/mol. The second-order valence-corrected chi connectivity index (χ2v) is 10.2. The number of morpholine rings is 1. The van der Waals surface area contributed by atoms with E-state index in [9.17, 15) is 0 Å². The zero-order valence-electron chi connectivity index (χ0n) is 22.1. The summed E-state index contributed by atoms with van der Waals surface area (Å²) in [4.78, 5) is 21.0. The molecular formula is C33H31N5O. The van der Waals surface area contributed by atoms with E-state index < -0.39 is 0 Å². The second-order valence-electron chi connectivity index (χ2n) is 10.2. The Morgan fingerprint density at radius 3 is 2.18 bits per heavy atom. The SMILES string of the molecule is CC1(Cc2cc(-c3cccc(Cc4cccc(-c5ccncc5)n4)n3)ccn2)CN(c2ccccc2)CCO1. The van der Waals surface area contributed by atoms with E-state index in [1.807, 2.05) is 42.6 Å². The van der Waals surface area contributed by atoms with Gasteiger partial charge in [0, 0.05) is 78.4 Å². The molecule has 0 radical (unpaired) electrons. The van der Waals surface area contributed by atoms with Crippen molar-refractivity contribution in [2.75, 3.05) is 24.6 Å². The fraction of sp³-hybridized carbons (Fsp3) is 0.212. The van der Waals surface area contributed by atoms with Crippen molar-refractivity contribution in [1.29, 1.82) is 0 Å². The molecule has 194 valence electrons. The summed E-state index contributed by atoms with van der Waals surface area (Å²) in [5.74, 6) is 0. The molecule has 0 bridgehead atoms. The topological polar surface area (TPSA) is 64.0 Å². The lowest BCUT2D eigenvalue weighted by atomic mass is 9.95. The highest BCUT2D eigenvalue weighted by molar-refractivity contribution is 5.60. The third kappa shape index (κ3) is 6.02. The maximum absolute atomic E-state index is 6.29. The molecule has 1 aromatic carbocycles. The average Bonchev–Trinajstić information content (AvgIpc) is 2.98. The Hall–Kier alpha value is -4.42. The number of hydrogen-bond acceptors (Lipinski definition) is 6. The summed E-state index contributed by atoms with van der Waals surface area (Å²) < 4.78 is 6.29. The molecule has 39 heavy (non-hydrogen) atoms. The predicted octanol–water partition coefficient (Wildman–Crippen LogP) is 6.03. The van der Waals surface area contributed by atoms with Crippen molar-refractivity contribution in [1.82, 2.24) is 19.9 Å². The standard InChI is InChI=1S/C33H31N5O/c1-33(24-38(19-20-39-33)30-9-3-2-4-10-30)23-29-21-26(15-18-35-29)32-12-6-8-28(37-32)22-27-7-5-11-31(36-27)25-13-16-34-17-14-25/h2-18,21H,19-20,22-24H2,1H3. The molecule has 1 aliphatic heterocycles. The number of anilines is 1. The molecule has 1 unspecified atom stereocenters. The van der Waals surface area contributed by atoms with E-state index in [1.54, 1.807) is 12.4 Å². The highest BCUT2D eigenvalue weighted by atomic mass is 16.5. The van der Waals surface area contributed by atoms with E-state index in [-0.39, 0.29) is 5.60 Å². The summed E-state index contributed by atoms with van der Waals surface area (Å²) in [5, 5.41) is 0. The van der Waals surface area contributed by atoms with Gasteiger partial charge in [0.05, 0.1) is 23.6 Å². The quantitative estimate of drug-likeness (QED) is 0.265. The summed E-state index contributed by atoms with van der Waals surface area (Å²) >= 11 is 0. The minimum atomic E-state index is -0.319. The fourth-order valence-corrected chi connectivity index (χ4v) is 5.20. The van der Waals surface area contributed by atoms with Gasteiger partial charge in [-0.1, -0.05) is 30.3 Å². The van der Waals surface area contributed by atoms with Gasteiger partial charge in [-0.3, -0.25) is 19.9 Å². The number of aromatic nitrogens is 4. The second kappa shape index (κ2) is 11.1. The van der Waals surface area contributed by atoms with Crippen LogP contribution in [0.25, 0.3) is 22.5 Å². The lowest BCUT2D eigenvalue weighted by molar-refractivity contribution is -0.0418. The molecule has 0 saturated carbocycles. The summed E-state index contributed by atoms with van der Waals surface area (Å²) in [7, 11) is 0. The van der Waals surface area contributed by atoms with Crippen molar-refractivity contribution in [3.8, 4) is 22.5 Å². The van der Waals surface area contributed by atoms with Gasteiger partial charge < -0.3 is 9.64 Å². The highest BCUT2D eigenvalue weighted by Gasteiger charge is 2.33. The summed E-state index contributed by atoms with van der Waals surface area (Å²) in [5.41, 5.74) is 7.86. The number of pyridine rings is 4. The van der Waals surface area contributed by atoms with Gasteiger partial charge in [-0.15, -0.1) is 0 Å². The van der Waals surface area contributed by atoms with Crippen molar-refractivity contribution in [2.45, 2.75) is 25.4 Å². The molecule has 6 heteroatoms. The Labute approximate surface area is 229 Å². The van der Waals surface area contributed by atoms with Crippen molar-refractivity contribution in [3.63, 3.8) is 0 Å². The normalized spacial score (nSPS) is 17.2. The Balaban J connectivity index is 1.18. The third-order valence-electron chi connectivity index (χ3n) is 7.08. The van der Waals surface area contributed by atoms with Crippen molar-refractivity contribution >= 4 is 5.69 Å². The van der Waals surface area contributed by atoms with E-state index in [0.717, 1.165) is 59.1 Å². The van der Waals surface area contributed by atoms with Crippen LogP contribution in [0.5, 0.6) is 0 Å². The summed E-state index contributed by atoms with van der Waals surface area (Å²) in [6, 6.07) is 31.0. The van der Waals surface area contributed by atoms with Gasteiger partial charge in [0.25, 0.3) is 0 Å². The van der Waals surface area contributed by atoms with Crippen molar-refractivity contribution in [2.24, 2.45) is 0 Å². The molecule has 6 nitrogen and oxygen atoms in total. The maximum Gasteiger partial charge on any atom is 0.0884 e. The molecule has 6 rings (SSSR count). The van der Waals surface area contributed by atoms with Crippen LogP contribution >= 0.6 is 0 Å². The lowest BCUT2D eigenvalue weighted by Gasteiger charge is -2.41. The summed E-state index contributed by atoms with van der Waals surface area (Å²) in [6.07, 6.45) is 6.84. The molecule has 0 amide bonds. The van der Waals surface area contributed by atoms with Crippen LogP contribution in [0.3, 0.4) is 0 Å². The molecule has 0 aliphatic carbocycles. The number of para-hydroxylation sites is 1. The highest BCUT2D eigenvalue weighted by Crippen LogP contribution is 2.27. The van der Waals surface area contributed by atoms with Crippen LogP contribution < -0.4 is 4.90 Å². The molecular weight excluding hydrogens is 482 g/mol. The Morgan fingerprint density at radius 2 is 1.44 bits per heavy atom. The number of ether oxygens (including phenoxy) is 1. The molecule has 1 fully saturated rings. The van der Waals surface area contributed by atoms with Gasteiger partial charge in [0.2, 0.25) is 0 Å². The first-order valence-corrected chi connectivity index (χ1v) is 13.4. The number of benzene rings is 1. The van der Waals surface area contributed by atoms with Gasteiger partial charge in [0.15, 0.2) is 0 Å². The van der Waals surface area contributed by atoms with Gasteiger partial charge in [-0.25, -0.2) is 0 Å². The minimum Gasteiger partial charge on any atom is -0.371 e. The van der Waals surface area contributed by atoms with Crippen LogP contribution in [0.1, 0.15) is 24.0 Å². The number of nitrogens with zero attached hydrogens (tertiary/aromatic N) is 5. The molecule has 1 aliphatic rings. The third-order valence-corrected chi connectivity index (χ3v) is 7.08. The molecule has 1 saturated heterocycles. The first kappa shape index (κ1) is 24.9. The van der Waals surface area contributed by atoms with Crippen LogP contribution in [-0.4, -0.2) is 45.2 Å². The monoisotopic (exact) mass is 513 g/mol. The Morgan fingerprint density at radius 1 is 0.744 bits per heavy atom. The molecule has 4 aromatic heterocycles. The first-order valence-electron chi connectivity index (χ1n) is 13.4. The number of hydrogen-bond donors (Lipinski definition) is 0. The minimum absolute atomic E-state index is 0.319. The predicted molar refractivity (Wildman–Crippen MR) is 154 cm³/mol. The van der Waals surface area contributed by atoms with Crippen LogP contribution in [-0.2, 0) is 17.6 Å². The number of rotatable bonds is 7. The van der Waals surface area contributed by atoms with E-state index in [1.165, 1.54) is 5.69 Å². The molecule has 0 N–H and O–H groups in total. The van der Waals surface area contributed by atoms with E-state index in [0.29, 0.717) is 13.0 Å². The fourth-order valence-electron chi connectivity index (χ4n) is 5.20.